The van der Waals surface area contributed by atoms with E-state index in [0.717, 1.165) is 18.4 Å². The topological polar surface area (TPSA) is 20.2 Å². The third-order valence-electron chi connectivity index (χ3n) is 2.97. The first kappa shape index (κ1) is 11.9. The van der Waals surface area contributed by atoms with Crippen LogP contribution in [-0.2, 0) is 6.42 Å². The van der Waals surface area contributed by atoms with E-state index >= 15 is 0 Å². The molecule has 0 aliphatic heterocycles. The lowest BCUT2D eigenvalue weighted by Gasteiger charge is -2.10. The summed E-state index contributed by atoms with van der Waals surface area (Å²) in [6.45, 7) is 2.09. The van der Waals surface area contributed by atoms with Crippen molar-refractivity contribution in [3.8, 4) is 0 Å². The maximum atomic E-state index is 10.1. The first-order chi connectivity index (χ1) is 8.25. The van der Waals surface area contributed by atoms with Gasteiger partial charge in [-0.3, -0.25) is 0 Å². The second-order valence-corrected chi connectivity index (χ2v) is 4.45. The van der Waals surface area contributed by atoms with E-state index in [2.05, 4.69) is 31.2 Å². The zero-order valence-corrected chi connectivity index (χ0v) is 10.1. The maximum Gasteiger partial charge on any atom is 0.0793 e. The summed E-state index contributed by atoms with van der Waals surface area (Å²) >= 11 is 0. The van der Waals surface area contributed by atoms with Gasteiger partial charge in [0.2, 0.25) is 0 Å². The lowest BCUT2D eigenvalue weighted by molar-refractivity contribution is 0.168. The van der Waals surface area contributed by atoms with Crippen molar-refractivity contribution in [3.05, 3.63) is 71.3 Å². The molecule has 1 N–H and O–H groups in total. The van der Waals surface area contributed by atoms with E-state index in [1.807, 2.05) is 30.3 Å². The highest BCUT2D eigenvalue weighted by Gasteiger charge is 2.06. The molecule has 0 amide bonds. The van der Waals surface area contributed by atoms with Crippen LogP contribution < -0.4 is 0 Å². The van der Waals surface area contributed by atoms with Crippen molar-refractivity contribution in [1.82, 2.24) is 0 Å². The van der Waals surface area contributed by atoms with Crippen molar-refractivity contribution in [1.29, 1.82) is 0 Å². The van der Waals surface area contributed by atoms with Crippen LogP contribution in [0.5, 0.6) is 0 Å². The van der Waals surface area contributed by atoms with Crippen LogP contribution >= 0.6 is 0 Å². The average molecular weight is 226 g/mol. The van der Waals surface area contributed by atoms with Gasteiger partial charge >= 0.3 is 0 Å². The minimum atomic E-state index is -0.364. The molecule has 2 rings (SSSR count). The number of benzene rings is 2. The second-order valence-electron chi connectivity index (χ2n) is 4.45. The van der Waals surface area contributed by atoms with Gasteiger partial charge in [0.05, 0.1) is 6.10 Å². The SMILES string of the molecule is Cc1cccc(CCC(O)c2ccccc2)c1. The molecular formula is C16H18O. The average Bonchev–Trinajstić information content (AvgIpc) is 2.37. The first-order valence-electron chi connectivity index (χ1n) is 6.04. The van der Waals surface area contributed by atoms with Crippen molar-refractivity contribution in [2.24, 2.45) is 0 Å². The highest BCUT2D eigenvalue weighted by Crippen LogP contribution is 2.18. The lowest BCUT2D eigenvalue weighted by atomic mass is 10.0. The molecule has 0 aliphatic carbocycles. The first-order valence-corrected chi connectivity index (χ1v) is 6.04. The number of hydrogen-bond acceptors (Lipinski definition) is 1. The Kier molecular flexibility index (Phi) is 3.94. The Morgan fingerprint density at radius 1 is 1.00 bits per heavy atom. The molecule has 0 radical (unpaired) electrons. The highest BCUT2D eigenvalue weighted by atomic mass is 16.3. The number of aryl methyl sites for hydroxylation is 2. The fourth-order valence-electron chi connectivity index (χ4n) is 2.01. The van der Waals surface area contributed by atoms with Gasteiger partial charge in [0, 0.05) is 0 Å². The van der Waals surface area contributed by atoms with Gasteiger partial charge in [-0.1, -0.05) is 60.2 Å². The van der Waals surface area contributed by atoms with E-state index in [1.54, 1.807) is 0 Å². The number of hydrogen-bond donors (Lipinski definition) is 1. The Bertz CT molecular complexity index is 462. The molecule has 0 bridgehead atoms. The van der Waals surface area contributed by atoms with E-state index in [1.165, 1.54) is 11.1 Å². The van der Waals surface area contributed by atoms with Crippen LogP contribution in [0.15, 0.2) is 54.6 Å². The minimum Gasteiger partial charge on any atom is -0.388 e. The Morgan fingerprint density at radius 3 is 2.47 bits per heavy atom. The Morgan fingerprint density at radius 2 is 1.76 bits per heavy atom. The molecular weight excluding hydrogens is 208 g/mol. The van der Waals surface area contributed by atoms with Gasteiger partial charge in [0.1, 0.15) is 0 Å². The molecule has 0 aromatic heterocycles. The van der Waals surface area contributed by atoms with Crippen molar-refractivity contribution in [3.63, 3.8) is 0 Å². The summed E-state index contributed by atoms with van der Waals surface area (Å²) in [6, 6.07) is 18.3. The Labute approximate surface area is 103 Å². The standard InChI is InChI=1S/C16H18O/c1-13-6-5-7-14(12-13)10-11-16(17)15-8-3-2-4-9-15/h2-9,12,16-17H,10-11H2,1H3. The molecule has 17 heavy (non-hydrogen) atoms. The predicted octanol–water partition coefficient (Wildman–Crippen LogP) is 3.66. The minimum absolute atomic E-state index is 0.364. The molecule has 0 saturated carbocycles. The van der Waals surface area contributed by atoms with Crippen molar-refractivity contribution in [2.45, 2.75) is 25.9 Å². The van der Waals surface area contributed by atoms with E-state index in [4.69, 9.17) is 0 Å². The predicted molar refractivity (Wildman–Crippen MR) is 70.9 cm³/mol. The number of rotatable bonds is 4. The molecule has 1 unspecified atom stereocenters. The monoisotopic (exact) mass is 226 g/mol. The molecule has 0 aliphatic rings. The van der Waals surface area contributed by atoms with E-state index < -0.39 is 0 Å². The van der Waals surface area contributed by atoms with Gasteiger partial charge in [-0.05, 0) is 30.9 Å². The van der Waals surface area contributed by atoms with Crippen LogP contribution in [0.2, 0.25) is 0 Å². The van der Waals surface area contributed by atoms with Crippen LogP contribution in [0.4, 0.5) is 0 Å². The van der Waals surface area contributed by atoms with Gasteiger partial charge in [-0.25, -0.2) is 0 Å². The Hall–Kier alpha value is -1.60. The molecule has 2 aromatic rings. The van der Waals surface area contributed by atoms with Crippen molar-refractivity contribution in [2.75, 3.05) is 0 Å². The zero-order chi connectivity index (χ0) is 12.1. The maximum absolute atomic E-state index is 10.1. The summed E-state index contributed by atoms with van der Waals surface area (Å²) in [4.78, 5) is 0. The fourth-order valence-corrected chi connectivity index (χ4v) is 2.01. The molecule has 0 saturated heterocycles. The summed E-state index contributed by atoms with van der Waals surface area (Å²) in [5, 5.41) is 10.1. The molecule has 1 heteroatoms. The van der Waals surface area contributed by atoms with Gasteiger partial charge in [0.15, 0.2) is 0 Å². The fraction of sp³-hybridized carbons (Fsp3) is 0.250. The summed E-state index contributed by atoms with van der Waals surface area (Å²) in [5.74, 6) is 0. The van der Waals surface area contributed by atoms with Gasteiger partial charge in [0.25, 0.3) is 0 Å². The van der Waals surface area contributed by atoms with Gasteiger partial charge in [-0.15, -0.1) is 0 Å². The Balaban J connectivity index is 1.95. The van der Waals surface area contributed by atoms with Crippen LogP contribution in [0.3, 0.4) is 0 Å². The van der Waals surface area contributed by atoms with Crippen molar-refractivity contribution < 1.29 is 5.11 Å². The normalized spacial score (nSPS) is 12.4. The quantitative estimate of drug-likeness (QED) is 0.843. The molecule has 2 aromatic carbocycles. The molecule has 0 heterocycles. The number of aliphatic hydroxyl groups excluding tert-OH is 1. The number of aliphatic hydroxyl groups is 1. The molecule has 1 atom stereocenters. The molecule has 88 valence electrons. The smallest absolute Gasteiger partial charge is 0.0793 e. The largest absolute Gasteiger partial charge is 0.388 e. The third-order valence-corrected chi connectivity index (χ3v) is 2.97. The summed E-state index contributed by atoms with van der Waals surface area (Å²) in [5.41, 5.74) is 3.57. The van der Waals surface area contributed by atoms with Crippen LogP contribution in [0, 0.1) is 6.92 Å². The van der Waals surface area contributed by atoms with E-state index in [9.17, 15) is 5.11 Å². The molecule has 1 nitrogen and oxygen atoms in total. The highest BCUT2D eigenvalue weighted by molar-refractivity contribution is 5.23. The second kappa shape index (κ2) is 5.65. The summed E-state index contributed by atoms with van der Waals surface area (Å²) in [7, 11) is 0. The summed E-state index contributed by atoms with van der Waals surface area (Å²) < 4.78 is 0. The lowest BCUT2D eigenvalue weighted by Crippen LogP contribution is -1.99. The zero-order valence-electron chi connectivity index (χ0n) is 10.1. The van der Waals surface area contributed by atoms with Crippen LogP contribution in [0.25, 0.3) is 0 Å². The third kappa shape index (κ3) is 3.43. The van der Waals surface area contributed by atoms with Crippen molar-refractivity contribution >= 4 is 0 Å². The van der Waals surface area contributed by atoms with Crippen LogP contribution in [-0.4, -0.2) is 5.11 Å². The van der Waals surface area contributed by atoms with Gasteiger partial charge in [-0.2, -0.15) is 0 Å². The molecule has 0 fully saturated rings. The van der Waals surface area contributed by atoms with E-state index in [-0.39, 0.29) is 6.10 Å². The van der Waals surface area contributed by atoms with Crippen LogP contribution in [0.1, 0.15) is 29.2 Å². The van der Waals surface area contributed by atoms with E-state index in [0.29, 0.717) is 0 Å². The van der Waals surface area contributed by atoms with Gasteiger partial charge < -0.3 is 5.11 Å². The summed E-state index contributed by atoms with van der Waals surface area (Å²) in [6.07, 6.45) is 1.32. The molecule has 0 spiro atoms.